The Morgan fingerprint density at radius 2 is 2.10 bits per heavy atom. The van der Waals surface area contributed by atoms with Gasteiger partial charge in [-0.05, 0) is 38.3 Å². The Hall–Kier alpha value is -1.79. The van der Waals surface area contributed by atoms with Gasteiger partial charge in [0.2, 0.25) is 0 Å². The number of hydrogen-bond donors (Lipinski definition) is 1. The first-order valence-corrected chi connectivity index (χ1v) is 6.29. The summed E-state index contributed by atoms with van der Waals surface area (Å²) in [6, 6.07) is 2.16. The highest BCUT2D eigenvalue weighted by Crippen LogP contribution is 2.34. The molecular weight excluding hydrogens is 273 g/mol. The lowest BCUT2D eigenvalue weighted by Gasteiger charge is -2.42. The number of pyridine rings is 1. The topological polar surface area (TPSA) is 53.4 Å². The van der Waals surface area contributed by atoms with Crippen LogP contribution in [0.2, 0.25) is 0 Å². The van der Waals surface area contributed by atoms with Crippen molar-refractivity contribution in [3.8, 4) is 0 Å². The van der Waals surface area contributed by atoms with Gasteiger partial charge >= 0.3 is 12.1 Å². The van der Waals surface area contributed by atoms with Crippen LogP contribution in [0.15, 0.2) is 18.3 Å². The number of anilines is 1. The van der Waals surface area contributed by atoms with Crippen molar-refractivity contribution in [1.82, 2.24) is 4.98 Å². The third kappa shape index (κ3) is 2.57. The highest BCUT2D eigenvalue weighted by Gasteiger charge is 2.42. The summed E-state index contributed by atoms with van der Waals surface area (Å²) in [5, 5.41) is 9.36. The number of carboxylic acids is 1. The summed E-state index contributed by atoms with van der Waals surface area (Å²) in [6.07, 6.45) is -1.67. The molecule has 0 bridgehead atoms. The maximum absolute atomic E-state index is 12.5. The lowest BCUT2D eigenvalue weighted by atomic mass is 9.88. The van der Waals surface area contributed by atoms with Gasteiger partial charge in [0.05, 0.1) is 5.56 Å². The van der Waals surface area contributed by atoms with Gasteiger partial charge in [0.15, 0.2) is 0 Å². The van der Waals surface area contributed by atoms with Gasteiger partial charge in [-0.25, -0.2) is 9.78 Å². The molecule has 1 aliphatic rings. The van der Waals surface area contributed by atoms with Crippen molar-refractivity contribution < 1.29 is 23.1 Å². The molecule has 0 radical (unpaired) electrons. The number of halogens is 3. The van der Waals surface area contributed by atoms with Gasteiger partial charge in [-0.2, -0.15) is 13.2 Å². The van der Waals surface area contributed by atoms with E-state index in [4.69, 9.17) is 0 Å². The Balaban J connectivity index is 2.32. The van der Waals surface area contributed by atoms with Crippen molar-refractivity contribution in [2.24, 2.45) is 0 Å². The van der Waals surface area contributed by atoms with Crippen LogP contribution >= 0.6 is 0 Å². The Morgan fingerprint density at radius 3 is 2.60 bits per heavy atom. The first-order chi connectivity index (χ1) is 9.25. The van der Waals surface area contributed by atoms with Crippen LogP contribution in [0.3, 0.4) is 0 Å². The van der Waals surface area contributed by atoms with Crippen LogP contribution in [-0.4, -0.2) is 28.1 Å². The normalized spacial score (nSPS) is 23.7. The van der Waals surface area contributed by atoms with E-state index >= 15 is 0 Å². The Bertz CT molecular complexity index is 501. The van der Waals surface area contributed by atoms with Gasteiger partial charge in [0.25, 0.3) is 0 Å². The minimum atomic E-state index is -4.44. The first-order valence-electron chi connectivity index (χ1n) is 6.29. The number of aliphatic carboxylic acids is 1. The minimum Gasteiger partial charge on any atom is -0.480 e. The molecule has 20 heavy (non-hydrogen) atoms. The molecule has 1 aliphatic heterocycles. The number of hydrogen-bond acceptors (Lipinski definition) is 3. The second-order valence-corrected chi connectivity index (χ2v) is 5.09. The highest BCUT2D eigenvalue weighted by molar-refractivity contribution is 5.83. The van der Waals surface area contributed by atoms with Gasteiger partial charge in [0, 0.05) is 12.7 Å². The number of rotatable bonds is 2. The van der Waals surface area contributed by atoms with Gasteiger partial charge in [-0.3, -0.25) is 0 Å². The van der Waals surface area contributed by atoms with E-state index in [1.165, 1.54) is 6.07 Å². The molecule has 0 amide bonds. The van der Waals surface area contributed by atoms with Crippen LogP contribution < -0.4 is 4.90 Å². The highest BCUT2D eigenvalue weighted by atomic mass is 19.4. The molecule has 7 heteroatoms. The lowest BCUT2D eigenvalue weighted by molar-refractivity contribution is -0.143. The molecule has 2 heterocycles. The van der Waals surface area contributed by atoms with Gasteiger partial charge in [0.1, 0.15) is 11.4 Å². The zero-order valence-corrected chi connectivity index (χ0v) is 10.9. The number of aromatic nitrogens is 1. The average molecular weight is 288 g/mol. The summed E-state index contributed by atoms with van der Waals surface area (Å²) < 4.78 is 37.5. The molecule has 1 atom stereocenters. The molecule has 1 aromatic heterocycles. The second kappa shape index (κ2) is 4.96. The van der Waals surface area contributed by atoms with Crippen LogP contribution in [-0.2, 0) is 11.0 Å². The third-order valence-electron chi connectivity index (χ3n) is 3.70. The van der Waals surface area contributed by atoms with Crippen LogP contribution in [0.25, 0.3) is 0 Å². The summed E-state index contributed by atoms with van der Waals surface area (Å²) in [4.78, 5) is 16.8. The predicted molar refractivity (Wildman–Crippen MR) is 66.5 cm³/mol. The molecule has 0 spiro atoms. The maximum Gasteiger partial charge on any atom is 0.417 e. The molecule has 1 aromatic rings. The summed E-state index contributed by atoms with van der Waals surface area (Å²) in [5.41, 5.74) is -1.96. The number of carboxylic acid groups (broad SMARTS) is 1. The van der Waals surface area contributed by atoms with E-state index in [1.54, 1.807) is 11.8 Å². The monoisotopic (exact) mass is 288 g/mol. The van der Waals surface area contributed by atoms with Gasteiger partial charge in [-0.1, -0.05) is 0 Å². The van der Waals surface area contributed by atoms with E-state index in [9.17, 15) is 23.1 Å². The molecule has 2 rings (SSSR count). The number of piperidine rings is 1. The smallest absolute Gasteiger partial charge is 0.417 e. The fraction of sp³-hybridized carbons (Fsp3) is 0.538. The molecule has 1 N–H and O–H groups in total. The van der Waals surface area contributed by atoms with E-state index in [1.807, 2.05) is 0 Å². The van der Waals surface area contributed by atoms with E-state index in [0.717, 1.165) is 25.1 Å². The fourth-order valence-corrected chi connectivity index (χ4v) is 2.42. The molecule has 1 fully saturated rings. The molecule has 0 saturated carbocycles. The zero-order chi connectivity index (χ0) is 15.0. The van der Waals surface area contributed by atoms with Crippen molar-refractivity contribution >= 4 is 11.8 Å². The summed E-state index contributed by atoms with van der Waals surface area (Å²) in [7, 11) is 0. The Kier molecular flexibility index (Phi) is 3.62. The van der Waals surface area contributed by atoms with Crippen molar-refractivity contribution in [3.63, 3.8) is 0 Å². The van der Waals surface area contributed by atoms with Crippen LogP contribution in [0, 0.1) is 0 Å². The van der Waals surface area contributed by atoms with E-state index in [0.29, 0.717) is 13.0 Å². The molecule has 4 nitrogen and oxygen atoms in total. The van der Waals surface area contributed by atoms with Crippen molar-refractivity contribution in [2.75, 3.05) is 11.4 Å². The summed E-state index contributed by atoms with van der Waals surface area (Å²) in [5.74, 6) is -0.721. The molecular formula is C13H15F3N2O2. The van der Waals surface area contributed by atoms with E-state index < -0.39 is 23.2 Å². The van der Waals surface area contributed by atoms with Gasteiger partial charge in [-0.15, -0.1) is 0 Å². The van der Waals surface area contributed by atoms with Crippen molar-refractivity contribution in [1.29, 1.82) is 0 Å². The second-order valence-electron chi connectivity index (χ2n) is 5.09. The van der Waals surface area contributed by atoms with Crippen molar-refractivity contribution in [2.45, 2.75) is 37.9 Å². The predicted octanol–water partition coefficient (Wildman–Crippen LogP) is 2.93. The Labute approximate surface area is 114 Å². The first kappa shape index (κ1) is 14.6. The number of nitrogens with zero attached hydrogens (tertiary/aromatic N) is 2. The average Bonchev–Trinajstić information content (AvgIpc) is 2.38. The SMILES string of the molecule is CC1(C(=O)O)CCCCN1c1ccc(C(F)(F)F)cn1. The molecule has 0 aromatic carbocycles. The molecule has 110 valence electrons. The fourth-order valence-electron chi connectivity index (χ4n) is 2.42. The summed E-state index contributed by atoms with van der Waals surface area (Å²) in [6.45, 7) is 2.05. The van der Waals surface area contributed by atoms with Crippen LogP contribution in [0.1, 0.15) is 31.7 Å². The largest absolute Gasteiger partial charge is 0.480 e. The van der Waals surface area contributed by atoms with Gasteiger partial charge < -0.3 is 10.0 Å². The number of alkyl halides is 3. The molecule has 1 saturated heterocycles. The quantitative estimate of drug-likeness (QED) is 0.909. The molecule has 0 aliphatic carbocycles. The minimum absolute atomic E-state index is 0.266. The van der Waals surface area contributed by atoms with Crippen LogP contribution in [0.4, 0.5) is 19.0 Å². The maximum atomic E-state index is 12.5. The third-order valence-corrected chi connectivity index (χ3v) is 3.70. The molecule has 1 unspecified atom stereocenters. The van der Waals surface area contributed by atoms with Crippen LogP contribution in [0.5, 0.6) is 0 Å². The van der Waals surface area contributed by atoms with Crippen molar-refractivity contribution in [3.05, 3.63) is 23.9 Å². The standard InChI is InChI=1S/C13H15F3N2O2/c1-12(11(19)20)6-2-3-7-18(12)10-5-4-9(8-17-10)13(14,15)16/h4-5,8H,2-3,6-7H2,1H3,(H,19,20). The lowest BCUT2D eigenvalue weighted by Crippen LogP contribution is -2.55. The van der Waals surface area contributed by atoms with E-state index in [2.05, 4.69) is 4.98 Å². The van der Waals surface area contributed by atoms with E-state index in [-0.39, 0.29) is 5.82 Å². The summed E-state index contributed by atoms with van der Waals surface area (Å²) >= 11 is 0. The zero-order valence-electron chi connectivity index (χ0n) is 10.9. The number of carbonyl (C=O) groups is 1. The Morgan fingerprint density at radius 1 is 1.40 bits per heavy atom.